The van der Waals surface area contributed by atoms with Gasteiger partial charge in [-0.2, -0.15) is 0 Å². The van der Waals surface area contributed by atoms with Crippen LogP contribution in [0.25, 0.3) is 60.9 Å². The summed E-state index contributed by atoms with van der Waals surface area (Å²) in [6, 6.07) is 28.7. The van der Waals surface area contributed by atoms with E-state index in [0.29, 0.717) is 0 Å². The van der Waals surface area contributed by atoms with Crippen LogP contribution in [-0.4, -0.2) is 19.5 Å². The fourth-order valence-electron chi connectivity index (χ4n) is 5.82. The molecule has 0 saturated carbocycles. The molecule has 3 aromatic carbocycles. The van der Waals surface area contributed by atoms with Crippen molar-refractivity contribution >= 4 is 21.8 Å². The van der Waals surface area contributed by atoms with Crippen LogP contribution >= 0.6 is 0 Å². The van der Waals surface area contributed by atoms with Gasteiger partial charge in [0, 0.05) is 53.6 Å². The minimum Gasteiger partial charge on any atom is -0.309 e. The highest BCUT2D eigenvalue weighted by atomic mass is 15.0. The Morgan fingerprint density at radius 3 is 1.27 bits per heavy atom. The zero-order chi connectivity index (χ0) is 27.2. The van der Waals surface area contributed by atoms with Crippen LogP contribution in [0.2, 0.25) is 0 Å². The number of benzene rings is 3. The van der Waals surface area contributed by atoms with Crippen molar-refractivity contribution in [1.29, 1.82) is 0 Å². The predicted molar refractivity (Wildman–Crippen MR) is 165 cm³/mol. The summed E-state index contributed by atoms with van der Waals surface area (Å²) in [5.41, 5.74) is 14.2. The number of pyridine rings is 3. The van der Waals surface area contributed by atoms with E-state index in [1.54, 1.807) is 0 Å². The Morgan fingerprint density at radius 2 is 0.850 bits per heavy atom. The summed E-state index contributed by atoms with van der Waals surface area (Å²) < 4.78 is 2.38. The monoisotopic (exact) mass is 516 g/mol. The van der Waals surface area contributed by atoms with Crippen molar-refractivity contribution in [3.8, 4) is 39.1 Å². The molecule has 0 spiro atoms. The summed E-state index contributed by atoms with van der Waals surface area (Å²) in [6.07, 6.45) is 11.4. The lowest BCUT2D eigenvalue weighted by Crippen LogP contribution is -1.94. The van der Waals surface area contributed by atoms with Gasteiger partial charge in [0.25, 0.3) is 0 Å². The Hall–Kier alpha value is -5.09. The molecular weight excluding hydrogens is 488 g/mol. The van der Waals surface area contributed by atoms with Crippen LogP contribution in [0.5, 0.6) is 0 Å². The van der Waals surface area contributed by atoms with Gasteiger partial charge in [0.1, 0.15) is 0 Å². The standard InChI is InChI=1S/C36H28N4/c1-23-20-37-15-12-30(23)26-4-8-29(9-5-26)40-35-10-6-27(31-13-16-38-21-24(31)2)18-33(35)34-19-28(7-11-36(34)40)32-14-17-39-22-25(32)3/h4-22H,1-3H3. The normalized spacial score (nSPS) is 11.4. The van der Waals surface area contributed by atoms with Gasteiger partial charge in [-0.05, 0) is 125 Å². The van der Waals surface area contributed by atoms with Crippen molar-refractivity contribution < 1.29 is 0 Å². The molecule has 7 aromatic rings. The van der Waals surface area contributed by atoms with Crippen molar-refractivity contribution in [2.24, 2.45) is 0 Å². The molecule has 7 rings (SSSR count). The number of aromatic nitrogens is 4. The van der Waals surface area contributed by atoms with Gasteiger partial charge in [-0.25, -0.2) is 0 Å². The molecule has 0 amide bonds. The molecule has 4 heterocycles. The van der Waals surface area contributed by atoms with Gasteiger partial charge in [0.2, 0.25) is 0 Å². The highest BCUT2D eigenvalue weighted by Crippen LogP contribution is 2.38. The van der Waals surface area contributed by atoms with Gasteiger partial charge in [-0.3, -0.25) is 15.0 Å². The molecule has 0 aliphatic carbocycles. The molecule has 0 N–H and O–H groups in total. The number of rotatable bonds is 4. The Bertz CT molecular complexity index is 1930. The predicted octanol–water partition coefficient (Wildman–Crippen LogP) is 8.89. The molecule has 0 radical (unpaired) electrons. The molecular formula is C36H28N4. The SMILES string of the molecule is Cc1cnccc1-c1ccc(-n2c3ccc(-c4ccncc4C)cc3c3cc(-c4ccncc4C)ccc32)cc1. The van der Waals surface area contributed by atoms with Gasteiger partial charge in [-0.1, -0.05) is 24.3 Å². The maximum absolute atomic E-state index is 4.30. The Morgan fingerprint density at radius 1 is 0.450 bits per heavy atom. The quantitative estimate of drug-likeness (QED) is 0.235. The maximum atomic E-state index is 4.30. The summed E-state index contributed by atoms with van der Waals surface area (Å²) >= 11 is 0. The smallest absolute Gasteiger partial charge is 0.0541 e. The van der Waals surface area contributed by atoms with Crippen molar-refractivity contribution in [3.05, 3.63) is 133 Å². The second-order valence-electron chi connectivity index (χ2n) is 10.4. The molecule has 4 aromatic heterocycles. The van der Waals surface area contributed by atoms with Crippen LogP contribution in [0.4, 0.5) is 0 Å². The molecule has 4 heteroatoms. The number of hydrogen-bond acceptors (Lipinski definition) is 3. The van der Waals surface area contributed by atoms with E-state index in [0.717, 1.165) is 5.69 Å². The largest absolute Gasteiger partial charge is 0.309 e. The first-order chi connectivity index (χ1) is 19.6. The molecule has 0 aliphatic rings. The van der Waals surface area contributed by atoms with E-state index < -0.39 is 0 Å². The molecule has 192 valence electrons. The van der Waals surface area contributed by atoms with Gasteiger partial charge >= 0.3 is 0 Å². The first kappa shape index (κ1) is 24.0. The van der Waals surface area contributed by atoms with Gasteiger partial charge < -0.3 is 4.57 Å². The average Bonchev–Trinajstić information content (AvgIpc) is 3.31. The fourth-order valence-corrected chi connectivity index (χ4v) is 5.82. The Kier molecular flexibility index (Phi) is 5.75. The Balaban J connectivity index is 1.46. The highest BCUT2D eigenvalue weighted by molar-refractivity contribution is 6.11. The number of nitrogens with zero attached hydrogens (tertiary/aromatic N) is 4. The number of hydrogen-bond donors (Lipinski definition) is 0. The van der Waals surface area contributed by atoms with E-state index in [1.165, 1.54) is 71.9 Å². The third-order valence-corrected chi connectivity index (χ3v) is 7.88. The first-order valence-electron chi connectivity index (χ1n) is 13.5. The van der Waals surface area contributed by atoms with Crippen LogP contribution < -0.4 is 0 Å². The molecule has 0 bridgehead atoms. The van der Waals surface area contributed by atoms with Crippen molar-refractivity contribution in [1.82, 2.24) is 19.5 Å². The Labute approximate surface area is 233 Å². The first-order valence-corrected chi connectivity index (χ1v) is 13.5. The van der Waals surface area contributed by atoms with Gasteiger partial charge in [0.15, 0.2) is 0 Å². The minimum atomic E-state index is 1.14. The van der Waals surface area contributed by atoms with Gasteiger partial charge in [0.05, 0.1) is 11.0 Å². The van der Waals surface area contributed by atoms with Crippen LogP contribution in [0.3, 0.4) is 0 Å². The summed E-state index contributed by atoms with van der Waals surface area (Å²) in [5, 5.41) is 2.46. The van der Waals surface area contributed by atoms with Crippen molar-refractivity contribution in [3.63, 3.8) is 0 Å². The third kappa shape index (κ3) is 3.97. The summed E-state index contributed by atoms with van der Waals surface area (Å²) in [7, 11) is 0. The lowest BCUT2D eigenvalue weighted by molar-refractivity contribution is 1.18. The third-order valence-electron chi connectivity index (χ3n) is 7.88. The molecule has 0 atom stereocenters. The topological polar surface area (TPSA) is 43.6 Å². The van der Waals surface area contributed by atoms with E-state index in [1.807, 2.05) is 37.2 Å². The number of fused-ring (bicyclic) bond motifs is 3. The van der Waals surface area contributed by atoms with Crippen LogP contribution in [-0.2, 0) is 0 Å². The van der Waals surface area contributed by atoms with E-state index in [9.17, 15) is 0 Å². The molecule has 4 nitrogen and oxygen atoms in total. The molecule has 0 aliphatic heterocycles. The summed E-state index contributed by atoms with van der Waals surface area (Å²) in [5.74, 6) is 0. The molecule has 40 heavy (non-hydrogen) atoms. The summed E-state index contributed by atoms with van der Waals surface area (Å²) in [4.78, 5) is 12.9. The lowest BCUT2D eigenvalue weighted by atomic mass is 9.98. The van der Waals surface area contributed by atoms with E-state index in [4.69, 9.17) is 0 Å². The number of aryl methyl sites for hydroxylation is 3. The summed E-state index contributed by atoms with van der Waals surface area (Å²) in [6.45, 7) is 6.34. The molecule has 0 fully saturated rings. The second kappa shape index (κ2) is 9.58. The molecule has 0 unspecified atom stereocenters. The van der Waals surface area contributed by atoms with E-state index in [2.05, 4.69) is 119 Å². The zero-order valence-electron chi connectivity index (χ0n) is 22.8. The minimum absolute atomic E-state index is 1.14. The van der Waals surface area contributed by atoms with Crippen LogP contribution in [0.15, 0.2) is 116 Å². The van der Waals surface area contributed by atoms with Crippen LogP contribution in [0.1, 0.15) is 16.7 Å². The zero-order valence-corrected chi connectivity index (χ0v) is 22.8. The van der Waals surface area contributed by atoms with Crippen LogP contribution in [0, 0.1) is 20.8 Å². The second-order valence-corrected chi connectivity index (χ2v) is 10.4. The molecule has 0 saturated heterocycles. The van der Waals surface area contributed by atoms with Crippen molar-refractivity contribution in [2.45, 2.75) is 20.8 Å². The lowest BCUT2D eigenvalue weighted by Gasteiger charge is -2.11. The van der Waals surface area contributed by atoms with Crippen molar-refractivity contribution in [2.75, 3.05) is 0 Å². The van der Waals surface area contributed by atoms with E-state index in [-0.39, 0.29) is 0 Å². The maximum Gasteiger partial charge on any atom is 0.0541 e. The average molecular weight is 517 g/mol. The van der Waals surface area contributed by atoms with E-state index >= 15 is 0 Å². The van der Waals surface area contributed by atoms with Gasteiger partial charge in [-0.15, -0.1) is 0 Å². The highest BCUT2D eigenvalue weighted by Gasteiger charge is 2.16. The fraction of sp³-hybridized carbons (Fsp3) is 0.0833.